The number of carbonyl (C=O) groups excluding carboxylic acids is 1. The fourth-order valence-corrected chi connectivity index (χ4v) is 7.02. The Labute approximate surface area is 173 Å². The summed E-state index contributed by atoms with van der Waals surface area (Å²) in [5.74, 6) is 2.71. The Hall–Kier alpha value is -1.32. The van der Waals surface area contributed by atoms with E-state index in [1.807, 2.05) is 18.2 Å². The SMILES string of the molecule is O=C(NCC12CC3CC(CC(C3)C1)C2)c1cc(C=C2CCCNC2)ccc1Cl. The van der Waals surface area contributed by atoms with E-state index in [0.717, 1.165) is 49.4 Å². The number of nitrogens with one attached hydrogen (secondary N) is 2. The van der Waals surface area contributed by atoms with Gasteiger partial charge in [-0.1, -0.05) is 29.3 Å². The molecule has 1 amide bonds. The summed E-state index contributed by atoms with van der Waals surface area (Å²) in [4.78, 5) is 13.0. The quantitative estimate of drug-likeness (QED) is 0.744. The first kappa shape index (κ1) is 18.7. The van der Waals surface area contributed by atoms with Gasteiger partial charge in [0, 0.05) is 13.1 Å². The van der Waals surface area contributed by atoms with Gasteiger partial charge in [0.05, 0.1) is 10.6 Å². The number of piperidine rings is 1. The highest BCUT2D eigenvalue weighted by atomic mass is 35.5. The van der Waals surface area contributed by atoms with Crippen LogP contribution in [0, 0.1) is 23.2 Å². The van der Waals surface area contributed by atoms with Crippen LogP contribution in [0.3, 0.4) is 0 Å². The number of carbonyl (C=O) groups is 1. The van der Waals surface area contributed by atoms with Crippen molar-refractivity contribution in [2.75, 3.05) is 19.6 Å². The van der Waals surface area contributed by atoms with Gasteiger partial charge in [-0.2, -0.15) is 0 Å². The Balaban J connectivity index is 1.28. The van der Waals surface area contributed by atoms with Crippen LogP contribution in [0.15, 0.2) is 23.8 Å². The Bertz CT molecular complexity index is 757. The van der Waals surface area contributed by atoms with Crippen LogP contribution in [0.1, 0.15) is 67.3 Å². The molecule has 2 N–H and O–H groups in total. The number of benzene rings is 1. The normalized spacial score (nSPS) is 35.3. The van der Waals surface area contributed by atoms with Gasteiger partial charge in [0.2, 0.25) is 0 Å². The first-order chi connectivity index (χ1) is 13.6. The maximum atomic E-state index is 13.0. The van der Waals surface area contributed by atoms with E-state index < -0.39 is 0 Å². The van der Waals surface area contributed by atoms with Crippen LogP contribution in [-0.4, -0.2) is 25.5 Å². The van der Waals surface area contributed by atoms with E-state index in [9.17, 15) is 4.79 Å². The zero-order chi connectivity index (χ0) is 19.1. The molecule has 4 heteroatoms. The topological polar surface area (TPSA) is 41.1 Å². The molecule has 28 heavy (non-hydrogen) atoms. The Kier molecular flexibility index (Phi) is 5.00. The van der Waals surface area contributed by atoms with Crippen molar-refractivity contribution >= 4 is 23.6 Å². The molecule has 150 valence electrons. The first-order valence-corrected chi connectivity index (χ1v) is 11.4. The van der Waals surface area contributed by atoms with Crippen molar-refractivity contribution < 1.29 is 4.79 Å². The monoisotopic (exact) mass is 398 g/mol. The van der Waals surface area contributed by atoms with Gasteiger partial charge in [-0.25, -0.2) is 0 Å². The van der Waals surface area contributed by atoms with Crippen molar-refractivity contribution in [2.24, 2.45) is 23.2 Å². The summed E-state index contributed by atoms with van der Waals surface area (Å²) in [6.45, 7) is 2.85. The highest BCUT2D eigenvalue weighted by molar-refractivity contribution is 6.33. The summed E-state index contributed by atoms with van der Waals surface area (Å²) >= 11 is 6.39. The van der Waals surface area contributed by atoms with Gasteiger partial charge < -0.3 is 10.6 Å². The lowest BCUT2D eigenvalue weighted by Gasteiger charge is -2.56. The van der Waals surface area contributed by atoms with Crippen molar-refractivity contribution in [3.63, 3.8) is 0 Å². The van der Waals surface area contributed by atoms with Gasteiger partial charge in [0.15, 0.2) is 0 Å². The van der Waals surface area contributed by atoms with Crippen LogP contribution >= 0.6 is 11.6 Å². The molecule has 0 unspecified atom stereocenters. The van der Waals surface area contributed by atoms with Crippen molar-refractivity contribution in [3.8, 4) is 0 Å². The van der Waals surface area contributed by atoms with E-state index in [-0.39, 0.29) is 5.91 Å². The Morgan fingerprint density at radius 2 is 1.89 bits per heavy atom. The second-order valence-corrected chi connectivity index (χ2v) is 10.3. The lowest BCUT2D eigenvalue weighted by Crippen LogP contribution is -2.51. The number of hydrogen-bond donors (Lipinski definition) is 2. The minimum atomic E-state index is -0.0113. The van der Waals surface area contributed by atoms with Gasteiger partial charge in [0.1, 0.15) is 0 Å². The van der Waals surface area contributed by atoms with Gasteiger partial charge in [-0.15, -0.1) is 0 Å². The molecule has 1 heterocycles. The Morgan fingerprint density at radius 1 is 1.18 bits per heavy atom. The summed E-state index contributed by atoms with van der Waals surface area (Å²) < 4.78 is 0. The average molecular weight is 399 g/mol. The van der Waals surface area contributed by atoms with Gasteiger partial charge in [-0.05, 0) is 98.8 Å². The predicted molar refractivity (Wildman–Crippen MR) is 114 cm³/mol. The molecule has 1 aromatic rings. The maximum Gasteiger partial charge on any atom is 0.252 e. The fourth-order valence-electron chi connectivity index (χ4n) is 6.81. The van der Waals surface area contributed by atoms with Crippen LogP contribution in [0.4, 0.5) is 0 Å². The third-order valence-electron chi connectivity index (χ3n) is 7.60. The van der Waals surface area contributed by atoms with E-state index in [0.29, 0.717) is 16.0 Å². The molecule has 4 aliphatic carbocycles. The molecule has 5 aliphatic rings. The van der Waals surface area contributed by atoms with Crippen molar-refractivity contribution in [2.45, 2.75) is 51.4 Å². The smallest absolute Gasteiger partial charge is 0.252 e. The third-order valence-corrected chi connectivity index (χ3v) is 7.93. The molecule has 0 aromatic heterocycles. The van der Waals surface area contributed by atoms with Crippen molar-refractivity contribution in [1.82, 2.24) is 10.6 Å². The lowest BCUT2D eigenvalue weighted by molar-refractivity contribution is -0.0503. The zero-order valence-corrected chi connectivity index (χ0v) is 17.4. The molecule has 6 rings (SSSR count). The standard InChI is InChI=1S/C24H31ClN2O/c25-22-4-3-16(6-17-2-1-5-26-14-17)10-21(22)23(28)27-15-24-11-18-7-19(12-24)9-20(8-18)13-24/h3-4,6,10,18-20,26H,1-2,5,7-9,11-15H2,(H,27,28). The van der Waals surface area contributed by atoms with E-state index in [2.05, 4.69) is 16.7 Å². The van der Waals surface area contributed by atoms with Crippen LogP contribution in [0.25, 0.3) is 6.08 Å². The average Bonchev–Trinajstić information content (AvgIpc) is 2.67. The Morgan fingerprint density at radius 3 is 2.54 bits per heavy atom. The molecule has 0 spiro atoms. The second-order valence-electron chi connectivity index (χ2n) is 9.92. The van der Waals surface area contributed by atoms with E-state index in [4.69, 9.17) is 11.6 Å². The molecule has 0 atom stereocenters. The van der Waals surface area contributed by atoms with Gasteiger partial charge >= 0.3 is 0 Å². The van der Waals surface area contributed by atoms with E-state index in [1.165, 1.54) is 50.5 Å². The van der Waals surface area contributed by atoms with E-state index in [1.54, 1.807) is 0 Å². The number of amides is 1. The molecule has 1 aliphatic heterocycles. The first-order valence-electron chi connectivity index (χ1n) is 11.1. The lowest BCUT2D eigenvalue weighted by atomic mass is 9.49. The molecule has 4 bridgehead atoms. The molecule has 5 fully saturated rings. The largest absolute Gasteiger partial charge is 0.351 e. The fraction of sp³-hybridized carbons (Fsp3) is 0.625. The summed E-state index contributed by atoms with van der Waals surface area (Å²) in [6.07, 6.45) is 12.8. The molecular weight excluding hydrogens is 368 g/mol. The minimum Gasteiger partial charge on any atom is -0.351 e. The third kappa shape index (κ3) is 3.76. The van der Waals surface area contributed by atoms with Crippen molar-refractivity contribution in [1.29, 1.82) is 0 Å². The summed E-state index contributed by atoms with van der Waals surface area (Å²) in [7, 11) is 0. The van der Waals surface area contributed by atoms with Crippen LogP contribution in [0.2, 0.25) is 5.02 Å². The molecule has 0 radical (unpaired) electrons. The summed E-state index contributed by atoms with van der Waals surface area (Å²) in [5, 5.41) is 7.23. The summed E-state index contributed by atoms with van der Waals surface area (Å²) in [5.41, 5.74) is 3.44. The van der Waals surface area contributed by atoms with Crippen LogP contribution in [0.5, 0.6) is 0 Å². The minimum absolute atomic E-state index is 0.0113. The highest BCUT2D eigenvalue weighted by Crippen LogP contribution is 2.59. The molecule has 1 aromatic carbocycles. The number of hydrogen-bond acceptors (Lipinski definition) is 2. The van der Waals surface area contributed by atoms with Crippen LogP contribution in [-0.2, 0) is 0 Å². The highest BCUT2D eigenvalue weighted by Gasteiger charge is 2.50. The molecule has 4 saturated carbocycles. The second kappa shape index (κ2) is 7.50. The zero-order valence-electron chi connectivity index (χ0n) is 16.6. The molecular formula is C24H31ClN2O. The van der Waals surface area contributed by atoms with Gasteiger partial charge in [0.25, 0.3) is 5.91 Å². The van der Waals surface area contributed by atoms with Gasteiger partial charge in [-0.3, -0.25) is 4.79 Å². The molecule has 3 nitrogen and oxygen atoms in total. The number of halogens is 1. The predicted octanol–water partition coefficient (Wildman–Crippen LogP) is 5.05. The summed E-state index contributed by atoms with van der Waals surface area (Å²) in [6, 6.07) is 5.84. The number of rotatable bonds is 4. The van der Waals surface area contributed by atoms with Crippen LogP contribution < -0.4 is 10.6 Å². The van der Waals surface area contributed by atoms with Crippen molar-refractivity contribution in [3.05, 3.63) is 39.9 Å². The maximum absolute atomic E-state index is 13.0. The molecule has 1 saturated heterocycles. The van der Waals surface area contributed by atoms with E-state index >= 15 is 0 Å².